The first kappa shape index (κ1) is 14.4. The molecule has 3 nitrogen and oxygen atoms in total. The average Bonchev–Trinajstić information content (AvgIpc) is 3.19. The summed E-state index contributed by atoms with van der Waals surface area (Å²) in [7, 11) is 1.76. The lowest BCUT2D eigenvalue weighted by Crippen LogP contribution is -2.54. The Hall–Kier alpha value is -1.00. The van der Waals surface area contributed by atoms with Gasteiger partial charge in [0.15, 0.2) is 0 Å². The van der Waals surface area contributed by atoms with Crippen LogP contribution in [-0.2, 0) is 4.79 Å². The van der Waals surface area contributed by atoms with Crippen molar-refractivity contribution in [3.63, 3.8) is 0 Å². The fourth-order valence-electron chi connectivity index (χ4n) is 2.31. The van der Waals surface area contributed by atoms with Crippen molar-refractivity contribution in [3.8, 4) is 0 Å². The minimum Gasteiger partial charge on any atom is -0.480 e. The Balaban J connectivity index is 2.10. The van der Waals surface area contributed by atoms with E-state index in [1.807, 2.05) is 0 Å². The fourth-order valence-corrected chi connectivity index (χ4v) is 3.64. The highest BCUT2D eigenvalue weighted by molar-refractivity contribution is 7.99. The second-order valence-electron chi connectivity index (χ2n) is 5.34. The third-order valence-corrected chi connectivity index (χ3v) is 5.23. The van der Waals surface area contributed by atoms with E-state index in [1.54, 1.807) is 18.8 Å². The maximum absolute atomic E-state index is 11.6. The highest BCUT2D eigenvalue weighted by atomic mass is 32.2. The van der Waals surface area contributed by atoms with E-state index < -0.39 is 11.5 Å². The summed E-state index contributed by atoms with van der Waals surface area (Å²) in [4.78, 5) is 12.7. The Morgan fingerprint density at radius 2 is 2.11 bits per heavy atom. The van der Waals surface area contributed by atoms with Crippen LogP contribution in [0.15, 0.2) is 23.1 Å². The zero-order valence-corrected chi connectivity index (χ0v) is 12.5. The molecule has 1 aromatic rings. The first-order valence-corrected chi connectivity index (χ1v) is 7.60. The molecule has 0 aromatic heterocycles. The van der Waals surface area contributed by atoms with Crippen molar-refractivity contribution in [1.82, 2.24) is 5.32 Å². The Bertz CT molecular complexity index is 485. The number of likely N-dealkylation sites (N-methyl/N-ethyl adjacent to an activating group) is 1. The van der Waals surface area contributed by atoms with E-state index in [1.165, 1.54) is 11.1 Å². The zero-order valence-electron chi connectivity index (χ0n) is 11.7. The molecule has 104 valence electrons. The molecule has 1 fully saturated rings. The van der Waals surface area contributed by atoms with Crippen molar-refractivity contribution in [1.29, 1.82) is 0 Å². The summed E-state index contributed by atoms with van der Waals surface area (Å²) in [5, 5.41) is 12.6. The Morgan fingerprint density at radius 3 is 2.58 bits per heavy atom. The Labute approximate surface area is 118 Å². The molecule has 1 aromatic carbocycles. The van der Waals surface area contributed by atoms with Gasteiger partial charge < -0.3 is 10.4 Å². The van der Waals surface area contributed by atoms with Crippen LogP contribution in [0, 0.1) is 19.8 Å². The van der Waals surface area contributed by atoms with Crippen molar-refractivity contribution < 1.29 is 9.90 Å². The van der Waals surface area contributed by atoms with Crippen molar-refractivity contribution in [3.05, 3.63) is 29.3 Å². The maximum atomic E-state index is 11.6. The molecule has 2 N–H and O–H groups in total. The molecule has 0 spiro atoms. The second kappa shape index (κ2) is 5.55. The SMILES string of the molecule is CNC(CSc1ccc(C)c(C)c1)(C(=O)O)C1CC1. The van der Waals surface area contributed by atoms with E-state index in [4.69, 9.17) is 0 Å². The highest BCUT2D eigenvalue weighted by Crippen LogP contribution is 2.42. The maximum Gasteiger partial charge on any atom is 0.325 e. The highest BCUT2D eigenvalue weighted by Gasteiger charge is 2.50. The van der Waals surface area contributed by atoms with Gasteiger partial charge in [0.2, 0.25) is 0 Å². The van der Waals surface area contributed by atoms with Crippen molar-refractivity contribution in [2.24, 2.45) is 5.92 Å². The summed E-state index contributed by atoms with van der Waals surface area (Å²) >= 11 is 1.63. The van der Waals surface area contributed by atoms with Crippen molar-refractivity contribution in [2.45, 2.75) is 37.1 Å². The van der Waals surface area contributed by atoms with E-state index in [0.717, 1.165) is 17.7 Å². The molecule has 0 amide bonds. The average molecular weight is 279 g/mol. The smallest absolute Gasteiger partial charge is 0.325 e. The number of aliphatic carboxylic acids is 1. The molecule has 19 heavy (non-hydrogen) atoms. The van der Waals surface area contributed by atoms with Gasteiger partial charge in [-0.3, -0.25) is 4.79 Å². The summed E-state index contributed by atoms with van der Waals surface area (Å²) < 4.78 is 0. The number of nitrogens with one attached hydrogen (secondary N) is 1. The molecular formula is C15H21NO2S. The van der Waals surface area contributed by atoms with E-state index >= 15 is 0 Å². The molecule has 4 heteroatoms. The van der Waals surface area contributed by atoms with Crippen LogP contribution in [0.2, 0.25) is 0 Å². The molecule has 0 saturated heterocycles. The van der Waals surface area contributed by atoms with E-state index in [-0.39, 0.29) is 5.92 Å². The monoisotopic (exact) mass is 279 g/mol. The predicted octanol–water partition coefficient (Wildman–Crippen LogP) is 2.85. The lowest BCUT2D eigenvalue weighted by atomic mass is 9.96. The zero-order chi connectivity index (χ0) is 14.0. The van der Waals surface area contributed by atoms with E-state index in [2.05, 4.69) is 37.4 Å². The van der Waals surface area contributed by atoms with Gasteiger partial charge in [0.1, 0.15) is 5.54 Å². The molecule has 1 unspecified atom stereocenters. The summed E-state index contributed by atoms with van der Waals surface area (Å²) in [6, 6.07) is 6.30. The Kier molecular flexibility index (Phi) is 4.21. The van der Waals surface area contributed by atoms with Crippen molar-refractivity contribution in [2.75, 3.05) is 12.8 Å². The summed E-state index contributed by atoms with van der Waals surface area (Å²) in [6.45, 7) is 4.17. The van der Waals surface area contributed by atoms with Crippen molar-refractivity contribution >= 4 is 17.7 Å². The first-order chi connectivity index (χ1) is 8.99. The quantitative estimate of drug-likeness (QED) is 0.786. The summed E-state index contributed by atoms with van der Waals surface area (Å²) in [5.74, 6) is 0.120. The third-order valence-electron chi connectivity index (χ3n) is 4.05. The number of carboxylic acid groups (broad SMARTS) is 1. The number of carbonyl (C=O) groups is 1. The lowest BCUT2D eigenvalue weighted by molar-refractivity contribution is -0.144. The van der Waals surface area contributed by atoms with Gasteiger partial charge in [-0.15, -0.1) is 11.8 Å². The standard InChI is InChI=1S/C15H21NO2S/c1-10-4-7-13(8-11(10)2)19-9-15(16-3,14(17)18)12-5-6-12/h4,7-8,12,16H,5-6,9H2,1-3H3,(H,17,18). The van der Waals surface area contributed by atoms with Crippen LogP contribution in [0.1, 0.15) is 24.0 Å². The molecule has 0 bridgehead atoms. The molecule has 0 aliphatic heterocycles. The van der Waals surface area contributed by atoms with E-state index in [9.17, 15) is 9.90 Å². The molecular weight excluding hydrogens is 258 g/mol. The first-order valence-electron chi connectivity index (χ1n) is 6.62. The van der Waals surface area contributed by atoms with Crippen LogP contribution in [0.25, 0.3) is 0 Å². The van der Waals surface area contributed by atoms with Gasteiger partial charge in [-0.05, 0) is 62.9 Å². The normalized spacial score (nSPS) is 18.1. The number of benzene rings is 1. The number of hydrogen-bond donors (Lipinski definition) is 2. The van der Waals surface area contributed by atoms with Gasteiger partial charge in [0, 0.05) is 10.6 Å². The number of hydrogen-bond acceptors (Lipinski definition) is 3. The van der Waals surface area contributed by atoms with Gasteiger partial charge in [-0.25, -0.2) is 0 Å². The lowest BCUT2D eigenvalue weighted by Gasteiger charge is -2.28. The van der Waals surface area contributed by atoms with Gasteiger partial charge in [-0.2, -0.15) is 0 Å². The van der Waals surface area contributed by atoms with Crippen LogP contribution < -0.4 is 5.32 Å². The minimum absolute atomic E-state index is 0.272. The van der Waals surface area contributed by atoms with Crippen LogP contribution in [0.5, 0.6) is 0 Å². The van der Waals surface area contributed by atoms with Crippen LogP contribution in [0.3, 0.4) is 0 Å². The number of aryl methyl sites for hydroxylation is 2. The second-order valence-corrected chi connectivity index (χ2v) is 6.38. The minimum atomic E-state index is -0.774. The molecule has 1 aliphatic carbocycles. The van der Waals surface area contributed by atoms with Crippen LogP contribution in [0.4, 0.5) is 0 Å². The molecule has 1 atom stereocenters. The van der Waals surface area contributed by atoms with Gasteiger partial charge in [-0.1, -0.05) is 6.07 Å². The molecule has 1 saturated carbocycles. The number of rotatable bonds is 6. The molecule has 2 rings (SSSR count). The molecule has 0 heterocycles. The van der Waals surface area contributed by atoms with Gasteiger partial charge >= 0.3 is 5.97 Å². The molecule has 1 aliphatic rings. The fraction of sp³-hybridized carbons (Fsp3) is 0.533. The Morgan fingerprint density at radius 1 is 1.42 bits per heavy atom. The van der Waals surface area contributed by atoms with Crippen LogP contribution in [-0.4, -0.2) is 29.4 Å². The number of carboxylic acids is 1. The topological polar surface area (TPSA) is 49.3 Å². The molecule has 0 radical (unpaired) electrons. The van der Waals surface area contributed by atoms with Crippen LogP contribution >= 0.6 is 11.8 Å². The van der Waals surface area contributed by atoms with E-state index in [0.29, 0.717) is 5.75 Å². The summed E-state index contributed by atoms with van der Waals surface area (Å²) in [5.41, 5.74) is 1.75. The third kappa shape index (κ3) is 2.95. The van der Waals surface area contributed by atoms with Gasteiger partial charge in [0.05, 0.1) is 0 Å². The number of thioether (sulfide) groups is 1. The predicted molar refractivity (Wildman–Crippen MR) is 78.8 cm³/mol. The van der Waals surface area contributed by atoms with Gasteiger partial charge in [0.25, 0.3) is 0 Å². The largest absolute Gasteiger partial charge is 0.480 e. The summed E-state index contributed by atoms with van der Waals surface area (Å²) in [6.07, 6.45) is 2.03.